The molecule has 1 aromatic rings. The van der Waals surface area contributed by atoms with Gasteiger partial charge in [0.15, 0.2) is 0 Å². The molecule has 0 fully saturated rings. The lowest BCUT2D eigenvalue weighted by molar-refractivity contribution is -0.385. The van der Waals surface area contributed by atoms with Crippen molar-refractivity contribution < 1.29 is 9.72 Å². The number of nitro benzene ring substituents is 1. The fourth-order valence-electron chi connectivity index (χ4n) is 1.64. The fraction of sp³-hybridized carbons (Fsp3) is 0.364. The number of primary amides is 1. The summed E-state index contributed by atoms with van der Waals surface area (Å²) < 4.78 is 0. The summed E-state index contributed by atoms with van der Waals surface area (Å²) in [6, 6.07) is 2.76. The van der Waals surface area contributed by atoms with E-state index in [2.05, 4.69) is 0 Å². The molecule has 0 aliphatic carbocycles. The van der Waals surface area contributed by atoms with Crippen molar-refractivity contribution in [1.82, 2.24) is 0 Å². The predicted octanol–water partition coefficient (Wildman–Crippen LogP) is 2.69. The van der Waals surface area contributed by atoms with Crippen molar-refractivity contribution in [1.29, 1.82) is 0 Å². The van der Waals surface area contributed by atoms with E-state index < -0.39 is 10.8 Å². The van der Waals surface area contributed by atoms with Gasteiger partial charge in [-0.1, -0.05) is 24.9 Å². The number of rotatable bonds is 5. The monoisotopic (exact) mass is 256 g/mol. The average molecular weight is 257 g/mol. The molecule has 0 atom stereocenters. The van der Waals surface area contributed by atoms with E-state index in [1.165, 1.54) is 12.1 Å². The van der Waals surface area contributed by atoms with E-state index in [9.17, 15) is 14.9 Å². The van der Waals surface area contributed by atoms with E-state index >= 15 is 0 Å². The Morgan fingerprint density at radius 3 is 2.65 bits per heavy atom. The second-order valence-electron chi connectivity index (χ2n) is 3.65. The molecule has 92 valence electrons. The third kappa shape index (κ3) is 2.94. The van der Waals surface area contributed by atoms with E-state index in [0.29, 0.717) is 12.0 Å². The highest BCUT2D eigenvalue weighted by Crippen LogP contribution is 2.32. The summed E-state index contributed by atoms with van der Waals surface area (Å²) >= 11 is 5.79. The van der Waals surface area contributed by atoms with Gasteiger partial charge in [0, 0.05) is 11.1 Å². The minimum atomic E-state index is -0.670. The molecule has 17 heavy (non-hydrogen) atoms. The summed E-state index contributed by atoms with van der Waals surface area (Å²) in [5, 5.41) is 11.0. The van der Waals surface area contributed by atoms with Crippen LogP contribution in [-0.4, -0.2) is 10.8 Å². The molecule has 0 aromatic heterocycles. The van der Waals surface area contributed by atoms with Gasteiger partial charge in [0.25, 0.3) is 5.69 Å². The highest BCUT2D eigenvalue weighted by molar-refractivity contribution is 6.33. The molecule has 0 aliphatic rings. The Morgan fingerprint density at radius 1 is 1.53 bits per heavy atom. The standard InChI is InChI=1S/C11H13ClN2O3/c1-2-3-4-7-8(11(13)15)5-6-9(12)10(7)14(16)17/h5-6H,2-4H2,1H3,(H2,13,15). The smallest absolute Gasteiger partial charge is 0.291 e. The lowest BCUT2D eigenvalue weighted by atomic mass is 9.99. The first-order chi connectivity index (χ1) is 7.99. The second kappa shape index (κ2) is 5.63. The van der Waals surface area contributed by atoms with Crippen LogP contribution in [-0.2, 0) is 6.42 Å². The maximum Gasteiger partial charge on any atom is 0.291 e. The molecule has 6 heteroatoms. The maximum atomic E-state index is 11.2. The quantitative estimate of drug-likeness (QED) is 0.649. The SMILES string of the molecule is CCCCc1c(C(N)=O)ccc(Cl)c1[N+](=O)[O-]. The number of carbonyl (C=O) groups excluding carboxylic acids is 1. The topological polar surface area (TPSA) is 86.2 Å². The molecule has 0 heterocycles. The Balaban J connectivity index is 3.38. The van der Waals surface area contributed by atoms with E-state index in [4.69, 9.17) is 17.3 Å². The average Bonchev–Trinajstić information content (AvgIpc) is 2.25. The van der Waals surface area contributed by atoms with Gasteiger partial charge in [-0.15, -0.1) is 0 Å². The second-order valence-corrected chi connectivity index (χ2v) is 4.05. The normalized spacial score (nSPS) is 10.2. The molecule has 0 spiro atoms. The minimum Gasteiger partial charge on any atom is -0.366 e. The third-order valence-electron chi connectivity index (χ3n) is 2.46. The molecule has 0 saturated carbocycles. The van der Waals surface area contributed by atoms with Crippen LogP contribution in [0.15, 0.2) is 12.1 Å². The zero-order valence-electron chi connectivity index (χ0n) is 9.40. The van der Waals surface area contributed by atoms with Crippen LogP contribution in [0.4, 0.5) is 5.69 Å². The predicted molar refractivity (Wildman–Crippen MR) is 65.2 cm³/mol. The van der Waals surface area contributed by atoms with Crippen LogP contribution in [0.3, 0.4) is 0 Å². The molecule has 1 aromatic carbocycles. The van der Waals surface area contributed by atoms with Crippen LogP contribution in [0.5, 0.6) is 0 Å². The van der Waals surface area contributed by atoms with Gasteiger partial charge in [-0.25, -0.2) is 0 Å². The van der Waals surface area contributed by atoms with Crippen LogP contribution < -0.4 is 5.73 Å². The van der Waals surface area contributed by atoms with Crippen molar-refractivity contribution >= 4 is 23.2 Å². The first kappa shape index (κ1) is 13.4. The van der Waals surface area contributed by atoms with Crippen LogP contribution in [0.1, 0.15) is 35.7 Å². The van der Waals surface area contributed by atoms with Gasteiger partial charge in [-0.3, -0.25) is 14.9 Å². The lowest BCUT2D eigenvalue weighted by Gasteiger charge is -2.08. The van der Waals surface area contributed by atoms with Crippen molar-refractivity contribution in [3.05, 3.63) is 38.4 Å². The van der Waals surface area contributed by atoms with Gasteiger partial charge in [0.05, 0.1) is 4.92 Å². The van der Waals surface area contributed by atoms with Gasteiger partial charge in [0.2, 0.25) is 5.91 Å². The summed E-state index contributed by atoms with van der Waals surface area (Å²) in [6.07, 6.45) is 2.02. The maximum absolute atomic E-state index is 11.2. The van der Waals surface area contributed by atoms with Gasteiger partial charge in [-0.05, 0) is 25.0 Å². The third-order valence-corrected chi connectivity index (χ3v) is 2.77. The molecule has 2 N–H and O–H groups in total. The van der Waals surface area contributed by atoms with E-state index in [1.807, 2.05) is 6.92 Å². The molecule has 0 radical (unpaired) electrons. The fourth-order valence-corrected chi connectivity index (χ4v) is 1.89. The number of nitrogens with zero attached hydrogens (tertiary/aromatic N) is 1. The van der Waals surface area contributed by atoms with Crippen LogP contribution in [0.25, 0.3) is 0 Å². The summed E-state index contributed by atoms with van der Waals surface area (Å²) in [6.45, 7) is 1.96. The van der Waals surface area contributed by atoms with Gasteiger partial charge < -0.3 is 5.73 Å². The van der Waals surface area contributed by atoms with E-state index in [1.54, 1.807) is 0 Å². The highest BCUT2D eigenvalue weighted by Gasteiger charge is 2.23. The summed E-state index contributed by atoms with van der Waals surface area (Å²) in [4.78, 5) is 21.6. The first-order valence-corrected chi connectivity index (χ1v) is 5.62. The Bertz CT molecular complexity index is 460. The number of nitro groups is 1. The number of benzene rings is 1. The van der Waals surface area contributed by atoms with Gasteiger partial charge in [0.1, 0.15) is 5.02 Å². The Morgan fingerprint density at radius 2 is 2.18 bits per heavy atom. The molecule has 5 nitrogen and oxygen atoms in total. The minimum absolute atomic E-state index is 0.0334. The Labute approximate surface area is 104 Å². The largest absolute Gasteiger partial charge is 0.366 e. The molecule has 1 amide bonds. The molecular weight excluding hydrogens is 244 g/mol. The van der Waals surface area contributed by atoms with Crippen molar-refractivity contribution in [2.75, 3.05) is 0 Å². The molecule has 1 rings (SSSR count). The van der Waals surface area contributed by atoms with Crippen molar-refractivity contribution in [2.24, 2.45) is 5.73 Å². The number of unbranched alkanes of at least 4 members (excludes halogenated alkanes) is 1. The Kier molecular flexibility index (Phi) is 4.45. The van der Waals surface area contributed by atoms with Gasteiger partial charge in [-0.2, -0.15) is 0 Å². The van der Waals surface area contributed by atoms with E-state index in [0.717, 1.165) is 12.8 Å². The number of carbonyl (C=O) groups is 1. The van der Waals surface area contributed by atoms with Gasteiger partial charge >= 0.3 is 0 Å². The van der Waals surface area contributed by atoms with Crippen LogP contribution in [0.2, 0.25) is 5.02 Å². The van der Waals surface area contributed by atoms with Crippen LogP contribution >= 0.6 is 11.6 Å². The summed E-state index contributed by atoms with van der Waals surface area (Å²) in [7, 11) is 0. The van der Waals surface area contributed by atoms with Crippen molar-refractivity contribution in [3.63, 3.8) is 0 Å². The summed E-state index contributed by atoms with van der Waals surface area (Å²) in [5.74, 6) is -0.670. The molecular formula is C11H13ClN2O3. The molecule has 0 bridgehead atoms. The molecule has 0 saturated heterocycles. The zero-order chi connectivity index (χ0) is 13.0. The number of halogens is 1. The van der Waals surface area contributed by atoms with Crippen molar-refractivity contribution in [3.8, 4) is 0 Å². The number of hydrogen-bond donors (Lipinski definition) is 1. The summed E-state index contributed by atoms with van der Waals surface area (Å²) in [5.41, 5.74) is 5.50. The lowest BCUT2D eigenvalue weighted by Crippen LogP contribution is -2.15. The molecule has 0 aliphatic heterocycles. The number of nitrogens with two attached hydrogens (primary N) is 1. The van der Waals surface area contributed by atoms with Crippen LogP contribution in [0, 0.1) is 10.1 Å². The zero-order valence-corrected chi connectivity index (χ0v) is 10.2. The highest BCUT2D eigenvalue weighted by atomic mass is 35.5. The first-order valence-electron chi connectivity index (χ1n) is 5.24. The van der Waals surface area contributed by atoms with E-state index in [-0.39, 0.29) is 16.3 Å². The number of amides is 1. The number of hydrogen-bond acceptors (Lipinski definition) is 3. The molecule has 0 unspecified atom stereocenters. The Hall–Kier alpha value is -1.62. The van der Waals surface area contributed by atoms with Crippen molar-refractivity contribution in [2.45, 2.75) is 26.2 Å².